The summed E-state index contributed by atoms with van der Waals surface area (Å²) >= 11 is 0. The number of carbonyl (C=O) groups excluding carboxylic acids is 1. The Labute approximate surface area is 184 Å². The highest BCUT2D eigenvalue weighted by atomic mass is 16.5. The third-order valence-electron chi connectivity index (χ3n) is 5.95. The summed E-state index contributed by atoms with van der Waals surface area (Å²) in [5.74, 6) is 1.45. The molecule has 5 heteroatoms. The molecule has 5 nitrogen and oxygen atoms in total. The van der Waals surface area contributed by atoms with Crippen LogP contribution in [0, 0.1) is 6.92 Å². The lowest BCUT2D eigenvalue weighted by Crippen LogP contribution is -2.35. The fraction of sp³-hybridized carbons (Fsp3) is 0.346. The molecule has 3 aromatic rings. The maximum atomic E-state index is 13.3. The number of benzene rings is 3. The van der Waals surface area contributed by atoms with Gasteiger partial charge in [-0.3, -0.25) is 4.79 Å². The van der Waals surface area contributed by atoms with E-state index in [-0.39, 0.29) is 11.4 Å². The van der Waals surface area contributed by atoms with Crippen LogP contribution < -0.4 is 14.8 Å². The average Bonchev–Trinajstić information content (AvgIpc) is 3.54. The molecular formula is C26H30N2O3. The highest BCUT2D eigenvalue weighted by Gasteiger charge is 2.47. The van der Waals surface area contributed by atoms with Crippen molar-refractivity contribution < 1.29 is 14.3 Å². The van der Waals surface area contributed by atoms with Crippen LogP contribution in [0.25, 0.3) is 10.8 Å². The first-order valence-electron chi connectivity index (χ1n) is 10.7. The minimum Gasteiger partial charge on any atom is -0.497 e. The highest BCUT2D eigenvalue weighted by molar-refractivity contribution is 5.98. The molecule has 0 spiro atoms. The van der Waals surface area contributed by atoms with E-state index in [9.17, 15) is 4.79 Å². The molecule has 1 amide bonds. The lowest BCUT2D eigenvalue weighted by molar-refractivity contribution is 0.0930. The second-order valence-electron chi connectivity index (χ2n) is 8.56. The zero-order valence-electron chi connectivity index (χ0n) is 18.7. The normalized spacial score (nSPS) is 14.5. The Morgan fingerprint density at radius 1 is 1.06 bits per heavy atom. The number of aryl methyl sites for hydroxylation is 1. The molecule has 0 aromatic heterocycles. The summed E-state index contributed by atoms with van der Waals surface area (Å²) in [6, 6.07) is 18.1. The second kappa shape index (κ2) is 8.60. The molecule has 1 saturated carbocycles. The Bertz CT molecular complexity index is 1100. The van der Waals surface area contributed by atoms with Gasteiger partial charge in [0.05, 0.1) is 12.6 Å². The van der Waals surface area contributed by atoms with Crippen LogP contribution in [0.15, 0.2) is 54.6 Å². The van der Waals surface area contributed by atoms with Gasteiger partial charge in [-0.1, -0.05) is 30.3 Å². The fourth-order valence-corrected chi connectivity index (χ4v) is 3.95. The first-order valence-corrected chi connectivity index (χ1v) is 10.7. The molecule has 1 aliphatic carbocycles. The van der Waals surface area contributed by atoms with E-state index in [0.717, 1.165) is 47.0 Å². The van der Waals surface area contributed by atoms with E-state index < -0.39 is 0 Å². The van der Waals surface area contributed by atoms with Crippen molar-refractivity contribution in [2.45, 2.75) is 25.3 Å². The van der Waals surface area contributed by atoms with Gasteiger partial charge in [-0.15, -0.1) is 0 Å². The molecule has 31 heavy (non-hydrogen) atoms. The monoisotopic (exact) mass is 418 g/mol. The van der Waals surface area contributed by atoms with E-state index in [4.69, 9.17) is 9.47 Å². The van der Waals surface area contributed by atoms with E-state index in [1.165, 1.54) is 0 Å². The molecule has 0 radical (unpaired) electrons. The Kier molecular flexibility index (Phi) is 5.88. The van der Waals surface area contributed by atoms with Gasteiger partial charge in [0.25, 0.3) is 5.91 Å². The van der Waals surface area contributed by atoms with Crippen LogP contribution in [0.5, 0.6) is 11.5 Å². The number of carbonyl (C=O) groups is 1. The molecule has 1 fully saturated rings. The van der Waals surface area contributed by atoms with Gasteiger partial charge in [0.15, 0.2) is 0 Å². The van der Waals surface area contributed by atoms with Gasteiger partial charge in [0, 0.05) is 12.1 Å². The molecule has 0 bridgehead atoms. The Hall–Kier alpha value is -3.05. The van der Waals surface area contributed by atoms with Crippen molar-refractivity contribution >= 4 is 16.7 Å². The molecule has 0 aliphatic heterocycles. The van der Waals surface area contributed by atoms with E-state index in [0.29, 0.717) is 17.9 Å². The molecule has 1 aliphatic rings. The molecule has 4 rings (SSSR count). The lowest BCUT2D eigenvalue weighted by atomic mass is 9.95. The number of methoxy groups -OCH3 is 1. The molecule has 1 N–H and O–H groups in total. The Morgan fingerprint density at radius 3 is 2.55 bits per heavy atom. The lowest BCUT2D eigenvalue weighted by Gasteiger charge is -2.22. The van der Waals surface area contributed by atoms with E-state index in [1.54, 1.807) is 7.11 Å². The van der Waals surface area contributed by atoms with Gasteiger partial charge >= 0.3 is 0 Å². The highest BCUT2D eigenvalue weighted by Crippen LogP contribution is 2.49. The Balaban J connectivity index is 1.60. The largest absolute Gasteiger partial charge is 0.497 e. The summed E-state index contributed by atoms with van der Waals surface area (Å²) in [7, 11) is 5.70. The minimum atomic E-state index is -0.362. The van der Waals surface area contributed by atoms with Gasteiger partial charge in [0.2, 0.25) is 0 Å². The van der Waals surface area contributed by atoms with Crippen molar-refractivity contribution in [2.24, 2.45) is 0 Å². The number of ether oxygens (including phenoxy) is 2. The molecule has 0 saturated heterocycles. The summed E-state index contributed by atoms with van der Waals surface area (Å²) in [4.78, 5) is 15.4. The number of rotatable bonds is 8. The van der Waals surface area contributed by atoms with Crippen LogP contribution in [0.2, 0.25) is 0 Å². The smallest absolute Gasteiger partial charge is 0.252 e. The van der Waals surface area contributed by atoms with E-state index >= 15 is 0 Å². The fourth-order valence-electron chi connectivity index (χ4n) is 3.95. The molecule has 3 aromatic carbocycles. The summed E-state index contributed by atoms with van der Waals surface area (Å²) in [5.41, 5.74) is 2.34. The first kappa shape index (κ1) is 21.2. The minimum absolute atomic E-state index is 0.0695. The van der Waals surface area contributed by atoms with Crippen LogP contribution in [0.1, 0.15) is 34.3 Å². The number of nitrogens with one attached hydrogen (secondary N) is 1. The number of fused-ring (bicyclic) bond motifs is 1. The van der Waals surface area contributed by atoms with Gasteiger partial charge in [-0.2, -0.15) is 0 Å². The van der Waals surface area contributed by atoms with Gasteiger partial charge < -0.3 is 19.7 Å². The van der Waals surface area contributed by atoms with Crippen LogP contribution in [0.4, 0.5) is 0 Å². The quantitative estimate of drug-likeness (QED) is 0.585. The van der Waals surface area contributed by atoms with Crippen molar-refractivity contribution in [1.29, 1.82) is 0 Å². The zero-order valence-corrected chi connectivity index (χ0v) is 18.7. The summed E-state index contributed by atoms with van der Waals surface area (Å²) < 4.78 is 11.4. The number of hydrogen-bond donors (Lipinski definition) is 1. The van der Waals surface area contributed by atoms with Crippen LogP contribution >= 0.6 is 0 Å². The van der Waals surface area contributed by atoms with Gasteiger partial charge in [-0.05, 0) is 80.0 Å². The summed E-state index contributed by atoms with van der Waals surface area (Å²) in [6.45, 7) is 3.36. The zero-order chi connectivity index (χ0) is 22.0. The van der Waals surface area contributed by atoms with Crippen LogP contribution in [-0.4, -0.2) is 45.2 Å². The molecule has 0 unspecified atom stereocenters. The number of nitrogens with zero attached hydrogens (tertiary/aromatic N) is 1. The maximum absolute atomic E-state index is 13.3. The topological polar surface area (TPSA) is 50.8 Å². The van der Waals surface area contributed by atoms with E-state index in [2.05, 4.69) is 28.4 Å². The predicted octanol–water partition coefficient (Wildman–Crippen LogP) is 4.52. The number of amides is 1. The summed E-state index contributed by atoms with van der Waals surface area (Å²) in [6.07, 6.45) is 1.82. The average molecular weight is 419 g/mol. The molecule has 0 heterocycles. The SMILES string of the molecule is COc1cc(C2(NC(=O)c3cc(OCCN(C)C)ccc3C)CC2)c2ccccc2c1. The van der Waals surface area contributed by atoms with Crippen LogP contribution in [0.3, 0.4) is 0 Å². The van der Waals surface area contributed by atoms with Crippen molar-refractivity contribution in [3.05, 3.63) is 71.3 Å². The van der Waals surface area contributed by atoms with Crippen molar-refractivity contribution in [2.75, 3.05) is 34.4 Å². The molecule has 162 valence electrons. The van der Waals surface area contributed by atoms with Gasteiger partial charge in [0.1, 0.15) is 18.1 Å². The van der Waals surface area contributed by atoms with E-state index in [1.807, 2.05) is 57.4 Å². The van der Waals surface area contributed by atoms with Gasteiger partial charge in [-0.25, -0.2) is 0 Å². The molecular weight excluding hydrogens is 388 g/mol. The predicted molar refractivity (Wildman–Crippen MR) is 124 cm³/mol. The maximum Gasteiger partial charge on any atom is 0.252 e. The standard InChI is InChI=1S/C26H30N2O3/c1-18-9-10-20(31-14-13-28(2)3)16-23(18)25(29)27-26(11-12-26)24-17-21(30-4)15-19-7-5-6-8-22(19)24/h5-10,15-17H,11-14H2,1-4H3,(H,27,29). The van der Waals surface area contributed by atoms with Crippen molar-refractivity contribution in [1.82, 2.24) is 10.2 Å². The summed E-state index contributed by atoms with van der Waals surface area (Å²) in [5, 5.41) is 5.59. The second-order valence-corrected chi connectivity index (χ2v) is 8.56. The van der Waals surface area contributed by atoms with Crippen molar-refractivity contribution in [3.63, 3.8) is 0 Å². The molecule has 0 atom stereocenters. The third kappa shape index (κ3) is 4.52. The van der Waals surface area contributed by atoms with Crippen molar-refractivity contribution in [3.8, 4) is 11.5 Å². The third-order valence-corrected chi connectivity index (χ3v) is 5.95. The Morgan fingerprint density at radius 2 is 1.84 bits per heavy atom. The van der Waals surface area contributed by atoms with Crippen LogP contribution in [-0.2, 0) is 5.54 Å². The first-order chi connectivity index (χ1) is 14.9. The number of likely N-dealkylation sites (N-methyl/N-ethyl adjacent to an activating group) is 1. The number of hydrogen-bond acceptors (Lipinski definition) is 4.